The number of hydrogen-bond donors (Lipinski definition) is 0. The number of para-hydroxylation sites is 1. The zero-order valence-electron chi connectivity index (χ0n) is 20.2. The van der Waals surface area contributed by atoms with Crippen LogP contribution < -0.4 is 4.90 Å². The summed E-state index contributed by atoms with van der Waals surface area (Å²) in [5, 5.41) is 15.3. The smallest absolute Gasteiger partial charge is 0.278 e. The predicted molar refractivity (Wildman–Crippen MR) is 134 cm³/mol. The fourth-order valence-corrected chi connectivity index (χ4v) is 4.65. The first-order chi connectivity index (χ1) is 16.4. The zero-order chi connectivity index (χ0) is 24.1. The molecular weight excluding hydrogens is 430 g/mol. The van der Waals surface area contributed by atoms with Gasteiger partial charge in [0, 0.05) is 44.0 Å². The van der Waals surface area contributed by atoms with Crippen molar-refractivity contribution in [3.8, 4) is 11.3 Å². The van der Waals surface area contributed by atoms with Gasteiger partial charge in [0.15, 0.2) is 5.76 Å². The second-order valence-corrected chi connectivity index (χ2v) is 9.16. The Balaban J connectivity index is 1.21. The van der Waals surface area contributed by atoms with Crippen LogP contribution in [0.25, 0.3) is 11.3 Å². The van der Waals surface area contributed by atoms with E-state index in [-0.39, 0.29) is 5.69 Å². The van der Waals surface area contributed by atoms with Gasteiger partial charge in [0.1, 0.15) is 5.69 Å². The normalized spacial score (nSPS) is 14.6. The van der Waals surface area contributed by atoms with Crippen molar-refractivity contribution in [2.45, 2.75) is 26.8 Å². The third kappa shape index (κ3) is 5.81. The molecule has 0 N–H and O–H groups in total. The van der Waals surface area contributed by atoms with Gasteiger partial charge >= 0.3 is 0 Å². The maximum absolute atomic E-state index is 11.3. The van der Waals surface area contributed by atoms with Crippen molar-refractivity contribution in [2.75, 3.05) is 51.2 Å². The van der Waals surface area contributed by atoms with E-state index in [0.29, 0.717) is 23.6 Å². The van der Waals surface area contributed by atoms with Crippen LogP contribution in [0.1, 0.15) is 23.3 Å². The molecule has 34 heavy (non-hydrogen) atoms. The fourth-order valence-electron chi connectivity index (χ4n) is 4.65. The van der Waals surface area contributed by atoms with Crippen LogP contribution in [0.4, 0.5) is 11.4 Å². The summed E-state index contributed by atoms with van der Waals surface area (Å²) in [6.45, 7) is 11.3. The molecule has 8 nitrogen and oxygen atoms in total. The zero-order valence-corrected chi connectivity index (χ0v) is 20.2. The number of hydrogen-bond acceptors (Lipinski definition) is 7. The number of piperazine rings is 1. The van der Waals surface area contributed by atoms with Gasteiger partial charge in [-0.2, -0.15) is 0 Å². The fraction of sp³-hybridized carbons (Fsp3) is 0.423. The lowest BCUT2D eigenvalue weighted by Crippen LogP contribution is -2.47. The molecule has 0 unspecified atom stereocenters. The van der Waals surface area contributed by atoms with Crippen molar-refractivity contribution in [3.63, 3.8) is 0 Å². The molecule has 0 aliphatic carbocycles. The van der Waals surface area contributed by atoms with Gasteiger partial charge in [0.25, 0.3) is 5.69 Å². The molecule has 0 radical (unpaired) electrons. The van der Waals surface area contributed by atoms with Crippen molar-refractivity contribution in [3.05, 3.63) is 75.5 Å². The highest BCUT2D eigenvalue weighted by molar-refractivity contribution is 5.70. The van der Waals surface area contributed by atoms with E-state index in [9.17, 15) is 10.1 Å². The highest BCUT2D eigenvalue weighted by Gasteiger charge is 2.20. The molecule has 1 aliphatic rings. The number of aryl methyl sites for hydroxylation is 2. The van der Waals surface area contributed by atoms with Crippen LogP contribution in [0, 0.1) is 24.0 Å². The minimum absolute atomic E-state index is 0.0355. The van der Waals surface area contributed by atoms with Crippen molar-refractivity contribution < 1.29 is 9.45 Å². The molecule has 1 fully saturated rings. The van der Waals surface area contributed by atoms with Crippen LogP contribution >= 0.6 is 0 Å². The van der Waals surface area contributed by atoms with E-state index in [2.05, 4.69) is 59.0 Å². The highest BCUT2D eigenvalue weighted by Crippen LogP contribution is 2.29. The third-order valence-electron chi connectivity index (χ3n) is 6.44. The number of rotatable bonds is 9. The Hall–Kier alpha value is -3.23. The van der Waals surface area contributed by atoms with Gasteiger partial charge in [-0.25, -0.2) is 0 Å². The lowest BCUT2D eigenvalue weighted by molar-refractivity contribution is -0.384. The van der Waals surface area contributed by atoms with Gasteiger partial charge in [0.2, 0.25) is 0 Å². The lowest BCUT2D eigenvalue weighted by atomic mass is 10.1. The average molecular weight is 464 g/mol. The molecule has 3 aromatic rings. The lowest BCUT2D eigenvalue weighted by Gasteiger charge is -2.37. The molecule has 0 bridgehead atoms. The van der Waals surface area contributed by atoms with Gasteiger partial charge in [-0.3, -0.25) is 19.9 Å². The van der Waals surface area contributed by atoms with Crippen LogP contribution in [0.5, 0.6) is 0 Å². The molecule has 1 aliphatic heterocycles. The predicted octanol–water partition coefficient (Wildman–Crippen LogP) is 4.51. The number of nitrogens with zero attached hydrogens (tertiary/aromatic N) is 5. The standard InChI is InChI=1S/C26H33N5O3/c1-20-9-10-25(21(2)17-20)30-15-13-29(14-16-30)12-6-11-28(3)19-22-18-24(27-34-22)23-7-4-5-8-26(23)31(32)33/h4-5,7-10,17-18H,6,11-16,19H2,1-3H3. The molecule has 1 saturated heterocycles. The number of aromatic nitrogens is 1. The maximum Gasteiger partial charge on any atom is 0.278 e. The Morgan fingerprint density at radius 1 is 1.09 bits per heavy atom. The first kappa shape index (κ1) is 23.9. The third-order valence-corrected chi connectivity index (χ3v) is 6.44. The molecule has 0 spiro atoms. The SMILES string of the molecule is Cc1ccc(N2CCN(CCCN(C)Cc3cc(-c4ccccc4[N+](=O)[O-])no3)CC2)c(C)c1. The van der Waals surface area contributed by atoms with Gasteiger partial charge < -0.3 is 9.42 Å². The van der Waals surface area contributed by atoms with Crippen LogP contribution in [0.2, 0.25) is 0 Å². The Morgan fingerprint density at radius 3 is 2.59 bits per heavy atom. The first-order valence-corrected chi connectivity index (χ1v) is 11.8. The monoisotopic (exact) mass is 463 g/mol. The van der Waals surface area contributed by atoms with E-state index in [1.807, 2.05) is 0 Å². The summed E-state index contributed by atoms with van der Waals surface area (Å²) >= 11 is 0. The summed E-state index contributed by atoms with van der Waals surface area (Å²) in [5.74, 6) is 0.706. The van der Waals surface area contributed by atoms with E-state index in [4.69, 9.17) is 4.52 Å². The molecule has 2 aromatic carbocycles. The summed E-state index contributed by atoms with van der Waals surface area (Å²) in [6.07, 6.45) is 1.07. The van der Waals surface area contributed by atoms with Crippen LogP contribution in [0.15, 0.2) is 53.1 Å². The maximum atomic E-state index is 11.3. The highest BCUT2D eigenvalue weighted by atomic mass is 16.6. The van der Waals surface area contributed by atoms with Crippen LogP contribution in [-0.4, -0.2) is 66.2 Å². The summed E-state index contributed by atoms with van der Waals surface area (Å²) < 4.78 is 5.46. The molecular formula is C26H33N5O3. The Kier molecular flexibility index (Phi) is 7.59. The van der Waals surface area contributed by atoms with Gasteiger partial charge in [-0.15, -0.1) is 0 Å². The minimum atomic E-state index is -0.391. The van der Waals surface area contributed by atoms with Crippen molar-refractivity contribution >= 4 is 11.4 Å². The van der Waals surface area contributed by atoms with Gasteiger partial charge in [0.05, 0.1) is 17.0 Å². The summed E-state index contributed by atoms with van der Waals surface area (Å²) in [4.78, 5) is 18.1. The topological polar surface area (TPSA) is 78.9 Å². The molecule has 180 valence electrons. The second kappa shape index (κ2) is 10.8. The van der Waals surface area contributed by atoms with Crippen LogP contribution in [-0.2, 0) is 6.54 Å². The second-order valence-electron chi connectivity index (χ2n) is 9.16. The summed E-state index contributed by atoms with van der Waals surface area (Å²) in [7, 11) is 2.06. The van der Waals surface area contributed by atoms with Gasteiger partial charge in [-0.1, -0.05) is 35.0 Å². The van der Waals surface area contributed by atoms with E-state index >= 15 is 0 Å². The van der Waals surface area contributed by atoms with E-state index in [1.165, 1.54) is 22.9 Å². The summed E-state index contributed by atoms with van der Waals surface area (Å²) in [6, 6.07) is 15.1. The Morgan fingerprint density at radius 2 is 1.85 bits per heavy atom. The number of nitro groups is 1. The largest absolute Gasteiger partial charge is 0.369 e. The van der Waals surface area contributed by atoms with Gasteiger partial charge in [-0.05, 0) is 58.1 Å². The average Bonchev–Trinajstić information content (AvgIpc) is 3.28. The van der Waals surface area contributed by atoms with E-state index in [1.54, 1.807) is 24.3 Å². The van der Waals surface area contributed by atoms with Crippen molar-refractivity contribution in [2.24, 2.45) is 0 Å². The van der Waals surface area contributed by atoms with E-state index < -0.39 is 4.92 Å². The molecule has 0 amide bonds. The quantitative estimate of drug-likeness (QED) is 0.341. The Bertz CT molecular complexity index is 1120. The molecule has 0 saturated carbocycles. The van der Waals surface area contributed by atoms with Crippen molar-refractivity contribution in [1.29, 1.82) is 0 Å². The summed E-state index contributed by atoms with van der Waals surface area (Å²) in [5.41, 5.74) is 5.03. The molecule has 8 heteroatoms. The molecule has 4 rings (SSSR count). The van der Waals surface area contributed by atoms with Crippen molar-refractivity contribution in [1.82, 2.24) is 15.0 Å². The molecule has 1 aromatic heterocycles. The number of nitro benzene ring substituents is 1. The first-order valence-electron chi connectivity index (χ1n) is 11.8. The number of anilines is 1. The van der Waals surface area contributed by atoms with Crippen LogP contribution in [0.3, 0.4) is 0 Å². The Labute approximate surface area is 200 Å². The van der Waals surface area contributed by atoms with E-state index in [0.717, 1.165) is 45.7 Å². The molecule has 0 atom stereocenters. The number of benzene rings is 2. The minimum Gasteiger partial charge on any atom is -0.369 e. The molecule has 2 heterocycles.